The summed E-state index contributed by atoms with van der Waals surface area (Å²) < 4.78 is 3.81. The number of rotatable bonds is 6. The molecular weight excluding hydrogens is 352 g/mol. The van der Waals surface area contributed by atoms with Gasteiger partial charge in [-0.15, -0.1) is 0 Å². The first-order valence-corrected chi connectivity index (χ1v) is 7.76. The molecule has 0 saturated carbocycles. The Hall–Kier alpha value is -3.19. The molecule has 8 heteroatoms. The van der Waals surface area contributed by atoms with Gasteiger partial charge in [0, 0.05) is 22.2 Å². The van der Waals surface area contributed by atoms with Crippen LogP contribution in [0.5, 0.6) is 0 Å². The maximum Gasteiger partial charge on any atom is 0.421 e. The zero-order valence-corrected chi connectivity index (χ0v) is 15.2. The molecule has 0 aliphatic heterocycles. The standard InChI is InChI=1S/C18H18N6O.ClH/c1-23-11-12-24(2)18(23)22-21-17-9-7-16(8-10-17)20-15-5-3-14(4-6-15)19-13-25;/h3-13H,1-2H3,(H,19,21,25);1H. The number of hydrogen-bond donors (Lipinski definition) is 2. The van der Waals surface area contributed by atoms with Crippen molar-refractivity contribution in [3.63, 3.8) is 0 Å². The minimum Gasteiger partial charge on any atom is -1.00 e. The van der Waals surface area contributed by atoms with Crippen LogP contribution in [-0.4, -0.2) is 11.0 Å². The lowest BCUT2D eigenvalue weighted by Crippen LogP contribution is -3.00. The Morgan fingerprint density at radius 1 is 0.962 bits per heavy atom. The fraction of sp³-hybridized carbons (Fsp3) is 0.111. The SMILES string of the molecule is Cn1cc[n+](C)c1N=Nc1ccc(Nc2ccc(NC=O)cc2)cc1.[Cl-]. The quantitative estimate of drug-likeness (QED) is 0.378. The Morgan fingerprint density at radius 2 is 1.54 bits per heavy atom. The summed E-state index contributed by atoms with van der Waals surface area (Å²) in [5.74, 6) is 0.770. The first kappa shape index (κ1) is 19.1. The van der Waals surface area contributed by atoms with Crippen LogP contribution >= 0.6 is 0 Å². The average molecular weight is 371 g/mol. The Labute approximate surface area is 157 Å². The van der Waals surface area contributed by atoms with Crippen LogP contribution in [0.1, 0.15) is 0 Å². The lowest BCUT2D eigenvalue weighted by molar-refractivity contribution is -0.657. The number of benzene rings is 2. The number of imidazole rings is 1. The second kappa shape index (κ2) is 8.77. The molecule has 0 saturated heterocycles. The number of nitrogens with zero attached hydrogens (tertiary/aromatic N) is 4. The third-order valence-corrected chi connectivity index (χ3v) is 3.67. The fourth-order valence-electron chi connectivity index (χ4n) is 2.32. The number of nitrogens with one attached hydrogen (secondary N) is 2. The second-order valence-corrected chi connectivity index (χ2v) is 5.53. The van der Waals surface area contributed by atoms with Crippen LogP contribution in [0.3, 0.4) is 0 Å². The average Bonchev–Trinajstić information content (AvgIpc) is 2.94. The highest BCUT2D eigenvalue weighted by molar-refractivity contribution is 5.73. The molecule has 2 aromatic carbocycles. The van der Waals surface area contributed by atoms with Crippen molar-refractivity contribution in [1.82, 2.24) is 4.57 Å². The second-order valence-electron chi connectivity index (χ2n) is 5.53. The molecule has 0 aliphatic rings. The molecule has 0 spiro atoms. The van der Waals surface area contributed by atoms with E-state index in [1.807, 2.05) is 84.2 Å². The first-order valence-electron chi connectivity index (χ1n) is 7.76. The van der Waals surface area contributed by atoms with E-state index in [-0.39, 0.29) is 12.4 Å². The Morgan fingerprint density at radius 3 is 2.08 bits per heavy atom. The molecule has 0 radical (unpaired) electrons. The molecule has 0 atom stereocenters. The Balaban J connectivity index is 0.00000243. The van der Waals surface area contributed by atoms with Gasteiger partial charge in [0.15, 0.2) is 0 Å². The van der Waals surface area contributed by atoms with Gasteiger partial charge in [0.05, 0.1) is 26.5 Å². The van der Waals surface area contributed by atoms with E-state index in [4.69, 9.17) is 0 Å². The molecule has 1 amide bonds. The maximum atomic E-state index is 10.4. The summed E-state index contributed by atoms with van der Waals surface area (Å²) in [4.78, 5) is 10.4. The van der Waals surface area contributed by atoms with E-state index in [0.717, 1.165) is 28.7 Å². The normalized spacial score (nSPS) is 10.4. The van der Waals surface area contributed by atoms with E-state index in [1.54, 1.807) is 0 Å². The smallest absolute Gasteiger partial charge is 0.421 e. The van der Waals surface area contributed by atoms with Gasteiger partial charge < -0.3 is 23.0 Å². The highest BCUT2D eigenvalue weighted by Gasteiger charge is 2.10. The van der Waals surface area contributed by atoms with Gasteiger partial charge in [0.2, 0.25) is 6.41 Å². The molecule has 3 aromatic rings. The molecule has 2 N–H and O–H groups in total. The predicted octanol–water partition coefficient (Wildman–Crippen LogP) is 0.581. The number of azo groups is 1. The zero-order valence-electron chi connectivity index (χ0n) is 14.4. The van der Waals surface area contributed by atoms with Crippen LogP contribution in [0, 0.1) is 0 Å². The molecule has 0 fully saturated rings. The van der Waals surface area contributed by atoms with Crippen molar-refractivity contribution in [2.45, 2.75) is 0 Å². The van der Waals surface area contributed by atoms with Crippen molar-refractivity contribution >= 4 is 35.1 Å². The third-order valence-electron chi connectivity index (χ3n) is 3.67. The number of anilines is 3. The molecule has 7 nitrogen and oxygen atoms in total. The predicted molar refractivity (Wildman–Crippen MR) is 96.6 cm³/mol. The minimum atomic E-state index is 0. The van der Waals surface area contributed by atoms with Gasteiger partial charge in [-0.3, -0.25) is 4.79 Å². The number of halogens is 1. The summed E-state index contributed by atoms with van der Waals surface area (Å²) in [6.45, 7) is 0. The van der Waals surface area contributed by atoms with E-state index >= 15 is 0 Å². The number of carbonyl (C=O) groups excluding carboxylic acids is 1. The summed E-state index contributed by atoms with van der Waals surface area (Å²) >= 11 is 0. The summed E-state index contributed by atoms with van der Waals surface area (Å²) in [7, 11) is 3.86. The number of aromatic nitrogens is 2. The van der Waals surface area contributed by atoms with Gasteiger partial charge in [0.1, 0.15) is 5.69 Å². The van der Waals surface area contributed by atoms with E-state index in [0.29, 0.717) is 6.41 Å². The van der Waals surface area contributed by atoms with Crippen molar-refractivity contribution < 1.29 is 21.8 Å². The van der Waals surface area contributed by atoms with Crippen LogP contribution in [0.25, 0.3) is 0 Å². The fourth-order valence-corrected chi connectivity index (χ4v) is 2.32. The molecule has 3 rings (SSSR count). The van der Waals surface area contributed by atoms with Gasteiger partial charge in [-0.25, -0.2) is 9.13 Å². The molecule has 134 valence electrons. The zero-order chi connectivity index (χ0) is 17.6. The number of aryl methyl sites for hydroxylation is 2. The van der Waals surface area contributed by atoms with Crippen LogP contribution in [-0.2, 0) is 18.9 Å². The maximum absolute atomic E-state index is 10.4. The monoisotopic (exact) mass is 370 g/mol. The van der Waals surface area contributed by atoms with E-state index in [2.05, 4.69) is 20.9 Å². The van der Waals surface area contributed by atoms with E-state index in [9.17, 15) is 4.79 Å². The van der Waals surface area contributed by atoms with Crippen molar-refractivity contribution in [1.29, 1.82) is 0 Å². The van der Waals surface area contributed by atoms with Gasteiger partial charge in [-0.05, 0) is 48.5 Å². The largest absolute Gasteiger partial charge is 1.00 e. The number of hydrogen-bond acceptors (Lipinski definition) is 4. The summed E-state index contributed by atoms with van der Waals surface area (Å²) in [5.41, 5.74) is 3.41. The van der Waals surface area contributed by atoms with Crippen molar-refractivity contribution in [2.24, 2.45) is 24.3 Å². The highest BCUT2D eigenvalue weighted by atomic mass is 35.5. The van der Waals surface area contributed by atoms with Crippen molar-refractivity contribution in [3.05, 3.63) is 60.9 Å². The Kier molecular flexibility index (Phi) is 6.46. The van der Waals surface area contributed by atoms with Crippen molar-refractivity contribution in [3.8, 4) is 0 Å². The number of amides is 1. The lowest BCUT2D eigenvalue weighted by Gasteiger charge is -2.07. The van der Waals surface area contributed by atoms with Gasteiger partial charge in [-0.1, -0.05) is 5.11 Å². The van der Waals surface area contributed by atoms with Crippen molar-refractivity contribution in [2.75, 3.05) is 10.6 Å². The molecule has 1 heterocycles. The molecular formula is C18H19ClN6O. The molecule has 0 unspecified atom stereocenters. The molecule has 26 heavy (non-hydrogen) atoms. The van der Waals surface area contributed by atoms with Crippen LogP contribution in [0.15, 0.2) is 71.2 Å². The lowest BCUT2D eigenvalue weighted by atomic mass is 10.2. The third kappa shape index (κ3) is 4.67. The van der Waals surface area contributed by atoms with E-state index in [1.165, 1.54) is 0 Å². The van der Waals surface area contributed by atoms with Gasteiger partial charge in [-0.2, -0.15) is 0 Å². The minimum absolute atomic E-state index is 0. The summed E-state index contributed by atoms with van der Waals surface area (Å²) in [6, 6.07) is 15.1. The van der Waals surface area contributed by atoms with Crippen LogP contribution < -0.4 is 27.6 Å². The first-order chi connectivity index (χ1) is 12.2. The molecule has 1 aromatic heterocycles. The molecule has 0 aliphatic carbocycles. The number of carbonyl (C=O) groups is 1. The van der Waals surface area contributed by atoms with Crippen LogP contribution in [0.4, 0.5) is 28.7 Å². The van der Waals surface area contributed by atoms with E-state index < -0.39 is 0 Å². The summed E-state index contributed by atoms with van der Waals surface area (Å²) in [5, 5.41) is 14.4. The molecule has 0 bridgehead atoms. The highest BCUT2D eigenvalue weighted by Crippen LogP contribution is 2.22. The van der Waals surface area contributed by atoms with Gasteiger partial charge in [0.25, 0.3) is 0 Å². The summed E-state index contributed by atoms with van der Waals surface area (Å²) in [6.07, 6.45) is 4.51. The van der Waals surface area contributed by atoms with Gasteiger partial charge >= 0.3 is 5.95 Å². The van der Waals surface area contributed by atoms with Crippen LogP contribution in [0.2, 0.25) is 0 Å². The topological polar surface area (TPSA) is 74.7 Å². The Bertz CT molecular complexity index is 868.